The summed E-state index contributed by atoms with van der Waals surface area (Å²) in [7, 11) is 0. The number of hydrogen-bond acceptors (Lipinski definition) is 4. The van der Waals surface area contributed by atoms with Gasteiger partial charge >= 0.3 is 6.03 Å². The first kappa shape index (κ1) is 20.1. The Morgan fingerprint density at radius 2 is 1.65 bits per heavy atom. The molecule has 1 saturated heterocycles. The Labute approximate surface area is 177 Å². The van der Waals surface area contributed by atoms with Crippen LogP contribution >= 0.6 is 0 Å². The number of nitrogens with zero attached hydrogens (tertiary/aromatic N) is 2. The van der Waals surface area contributed by atoms with Crippen LogP contribution in [0.1, 0.15) is 12.6 Å². The van der Waals surface area contributed by atoms with Crippen LogP contribution in [-0.2, 0) is 9.59 Å². The predicted molar refractivity (Wildman–Crippen MR) is 112 cm³/mol. The number of halogens is 1. The normalized spacial score (nSPS) is 15.4. The maximum Gasteiger partial charge on any atom is 0.335 e. The summed E-state index contributed by atoms with van der Waals surface area (Å²) in [5, 5.41) is 2.16. The van der Waals surface area contributed by atoms with Gasteiger partial charge in [-0.1, -0.05) is 0 Å². The summed E-state index contributed by atoms with van der Waals surface area (Å²) in [5.41, 5.74) is 1.31. The molecule has 8 heteroatoms. The van der Waals surface area contributed by atoms with Crippen LogP contribution in [-0.4, -0.2) is 29.0 Å². The molecule has 2 heterocycles. The SMILES string of the molecule is CCOc1ccc(-n2cccc2/C=C2/C(=O)NC(=O)N(c3ccc(F)cc3)C2=O)cc1. The van der Waals surface area contributed by atoms with Gasteiger partial charge in [-0.25, -0.2) is 14.1 Å². The van der Waals surface area contributed by atoms with Crippen LogP contribution in [0.15, 0.2) is 72.4 Å². The Hall–Kier alpha value is -4.20. The van der Waals surface area contributed by atoms with E-state index >= 15 is 0 Å². The molecule has 1 aliphatic heterocycles. The number of urea groups is 1. The van der Waals surface area contributed by atoms with E-state index in [4.69, 9.17) is 4.74 Å². The molecule has 4 amide bonds. The molecule has 3 aromatic rings. The molecule has 4 rings (SSSR count). The molecule has 0 bridgehead atoms. The minimum atomic E-state index is -0.888. The number of barbiturate groups is 1. The van der Waals surface area contributed by atoms with Crippen LogP contribution in [0.3, 0.4) is 0 Å². The second-order valence-corrected chi connectivity index (χ2v) is 6.66. The summed E-state index contributed by atoms with van der Waals surface area (Å²) < 4.78 is 20.5. The molecule has 0 saturated carbocycles. The second kappa shape index (κ2) is 8.27. The van der Waals surface area contributed by atoms with E-state index in [1.807, 2.05) is 31.2 Å². The second-order valence-electron chi connectivity index (χ2n) is 6.66. The zero-order valence-electron chi connectivity index (χ0n) is 16.5. The summed E-state index contributed by atoms with van der Waals surface area (Å²) >= 11 is 0. The third-order valence-electron chi connectivity index (χ3n) is 4.68. The summed E-state index contributed by atoms with van der Waals surface area (Å²) in [4.78, 5) is 38.4. The Balaban J connectivity index is 1.69. The first-order valence-electron chi connectivity index (χ1n) is 9.55. The Morgan fingerprint density at radius 3 is 2.32 bits per heavy atom. The third kappa shape index (κ3) is 3.95. The van der Waals surface area contributed by atoms with Crippen molar-refractivity contribution in [3.63, 3.8) is 0 Å². The monoisotopic (exact) mass is 419 g/mol. The van der Waals surface area contributed by atoms with E-state index in [-0.39, 0.29) is 11.3 Å². The number of ether oxygens (including phenoxy) is 1. The van der Waals surface area contributed by atoms with Crippen LogP contribution in [0.4, 0.5) is 14.9 Å². The number of hydrogen-bond donors (Lipinski definition) is 1. The van der Waals surface area contributed by atoms with E-state index < -0.39 is 23.7 Å². The highest BCUT2D eigenvalue weighted by Gasteiger charge is 2.37. The Morgan fingerprint density at radius 1 is 0.968 bits per heavy atom. The summed E-state index contributed by atoms with van der Waals surface area (Å²) in [6.45, 7) is 2.46. The fraction of sp³-hybridized carbons (Fsp3) is 0.0870. The molecule has 0 atom stereocenters. The van der Waals surface area contributed by atoms with Gasteiger partial charge in [0.05, 0.1) is 12.3 Å². The van der Waals surface area contributed by atoms with E-state index in [0.29, 0.717) is 12.3 Å². The average molecular weight is 419 g/mol. The quantitative estimate of drug-likeness (QED) is 0.505. The van der Waals surface area contributed by atoms with Gasteiger partial charge in [0.15, 0.2) is 0 Å². The number of imide groups is 2. The summed E-state index contributed by atoms with van der Waals surface area (Å²) in [6, 6.07) is 14.8. The number of rotatable bonds is 5. The van der Waals surface area contributed by atoms with Crippen LogP contribution in [0, 0.1) is 5.82 Å². The maximum atomic E-state index is 13.2. The van der Waals surface area contributed by atoms with Crippen molar-refractivity contribution < 1.29 is 23.5 Å². The molecule has 2 aromatic carbocycles. The highest BCUT2D eigenvalue weighted by atomic mass is 19.1. The van der Waals surface area contributed by atoms with Gasteiger partial charge in [0.2, 0.25) is 0 Å². The van der Waals surface area contributed by atoms with Gasteiger partial charge in [0.1, 0.15) is 17.1 Å². The number of anilines is 1. The van der Waals surface area contributed by atoms with E-state index in [2.05, 4.69) is 5.32 Å². The Bertz CT molecular complexity index is 1180. The number of carbonyl (C=O) groups excluding carboxylic acids is 3. The van der Waals surface area contributed by atoms with Crippen molar-refractivity contribution in [1.29, 1.82) is 0 Å². The third-order valence-corrected chi connectivity index (χ3v) is 4.68. The molecule has 0 unspecified atom stereocenters. The van der Waals surface area contributed by atoms with Crippen LogP contribution in [0.2, 0.25) is 0 Å². The number of benzene rings is 2. The Kier molecular flexibility index (Phi) is 5.36. The lowest BCUT2D eigenvalue weighted by Crippen LogP contribution is -2.54. The van der Waals surface area contributed by atoms with Gasteiger partial charge in [-0.05, 0) is 73.7 Å². The molecule has 7 nitrogen and oxygen atoms in total. The summed E-state index contributed by atoms with van der Waals surface area (Å²) in [6.07, 6.45) is 3.20. The van der Waals surface area contributed by atoms with E-state index in [1.165, 1.54) is 18.2 Å². The lowest BCUT2D eigenvalue weighted by atomic mass is 10.1. The van der Waals surface area contributed by atoms with Gasteiger partial charge in [0.25, 0.3) is 11.8 Å². The van der Waals surface area contributed by atoms with Gasteiger partial charge in [0, 0.05) is 17.6 Å². The largest absolute Gasteiger partial charge is 0.494 e. The number of nitrogens with one attached hydrogen (secondary N) is 1. The fourth-order valence-electron chi connectivity index (χ4n) is 3.25. The smallest absolute Gasteiger partial charge is 0.335 e. The predicted octanol–water partition coefficient (Wildman–Crippen LogP) is 3.68. The molecule has 31 heavy (non-hydrogen) atoms. The minimum Gasteiger partial charge on any atom is -0.494 e. The molecule has 0 spiro atoms. The molecule has 1 aromatic heterocycles. The highest BCUT2D eigenvalue weighted by molar-refractivity contribution is 6.39. The van der Waals surface area contributed by atoms with Crippen LogP contribution in [0.5, 0.6) is 5.75 Å². The molecule has 156 valence electrons. The van der Waals surface area contributed by atoms with Crippen LogP contribution < -0.4 is 15.0 Å². The fourth-order valence-corrected chi connectivity index (χ4v) is 3.25. The van der Waals surface area contributed by atoms with Crippen molar-refractivity contribution in [2.24, 2.45) is 0 Å². The zero-order chi connectivity index (χ0) is 22.0. The molecule has 1 N–H and O–H groups in total. The van der Waals surface area contributed by atoms with Crippen molar-refractivity contribution in [3.05, 3.63) is 83.9 Å². The van der Waals surface area contributed by atoms with Gasteiger partial charge in [-0.3, -0.25) is 14.9 Å². The highest BCUT2D eigenvalue weighted by Crippen LogP contribution is 2.24. The lowest BCUT2D eigenvalue weighted by molar-refractivity contribution is -0.122. The van der Waals surface area contributed by atoms with Gasteiger partial charge in [-0.15, -0.1) is 0 Å². The lowest BCUT2D eigenvalue weighted by Gasteiger charge is -2.26. The van der Waals surface area contributed by atoms with Crippen molar-refractivity contribution in [2.45, 2.75) is 6.92 Å². The van der Waals surface area contributed by atoms with Crippen molar-refractivity contribution in [3.8, 4) is 11.4 Å². The van der Waals surface area contributed by atoms with E-state index in [0.717, 1.165) is 28.5 Å². The van der Waals surface area contributed by atoms with E-state index in [1.54, 1.807) is 22.9 Å². The number of amides is 4. The number of carbonyl (C=O) groups is 3. The van der Waals surface area contributed by atoms with Gasteiger partial charge < -0.3 is 9.30 Å². The molecular weight excluding hydrogens is 401 g/mol. The van der Waals surface area contributed by atoms with Gasteiger partial charge in [-0.2, -0.15) is 0 Å². The van der Waals surface area contributed by atoms with Crippen molar-refractivity contribution in [2.75, 3.05) is 11.5 Å². The first-order valence-corrected chi connectivity index (χ1v) is 9.55. The standard InChI is InChI=1S/C23H18FN3O4/c1-2-31-19-11-9-16(10-12-19)26-13-3-4-18(26)14-20-21(28)25-23(30)27(22(20)29)17-7-5-15(24)6-8-17/h3-14H,2H2,1H3,(H,25,28,30)/b20-14-. The summed E-state index contributed by atoms with van der Waals surface area (Å²) in [5.74, 6) is -1.37. The maximum absolute atomic E-state index is 13.2. The van der Waals surface area contributed by atoms with Crippen molar-refractivity contribution >= 4 is 29.6 Å². The molecular formula is C23H18FN3O4. The number of aromatic nitrogens is 1. The molecule has 0 radical (unpaired) electrons. The molecule has 1 fully saturated rings. The zero-order valence-corrected chi connectivity index (χ0v) is 16.5. The van der Waals surface area contributed by atoms with E-state index in [9.17, 15) is 18.8 Å². The topological polar surface area (TPSA) is 80.6 Å². The van der Waals surface area contributed by atoms with Crippen LogP contribution in [0.25, 0.3) is 11.8 Å². The van der Waals surface area contributed by atoms with Crippen molar-refractivity contribution in [1.82, 2.24) is 9.88 Å². The minimum absolute atomic E-state index is 0.157. The molecule has 0 aliphatic carbocycles. The first-order chi connectivity index (χ1) is 15.0. The molecule has 1 aliphatic rings. The average Bonchev–Trinajstić information content (AvgIpc) is 3.21.